The Kier molecular flexibility index (Phi) is 5.27. The first-order valence-electron chi connectivity index (χ1n) is 8.93. The molecular formula is C20H28N2O3. The van der Waals surface area contributed by atoms with Crippen molar-refractivity contribution in [1.29, 1.82) is 0 Å². The molecule has 3 rings (SSSR count). The van der Waals surface area contributed by atoms with Crippen LogP contribution in [0, 0.1) is 19.3 Å². The first-order valence-corrected chi connectivity index (χ1v) is 8.93. The normalized spacial score (nSPS) is 17.3. The molecule has 1 aromatic heterocycles. The fraction of sp³-hybridized carbons (Fsp3) is 0.550. The Hall–Kier alpha value is -1.69. The highest BCUT2D eigenvalue weighted by Crippen LogP contribution is 2.31. The van der Waals surface area contributed by atoms with E-state index in [4.69, 9.17) is 4.74 Å². The van der Waals surface area contributed by atoms with Crippen LogP contribution in [0.5, 0.6) is 0 Å². The third kappa shape index (κ3) is 3.78. The summed E-state index contributed by atoms with van der Waals surface area (Å²) >= 11 is 0. The Morgan fingerprint density at radius 3 is 2.60 bits per heavy atom. The smallest absolute Gasteiger partial charge is 0.189 e. The average molecular weight is 344 g/mol. The van der Waals surface area contributed by atoms with Gasteiger partial charge in [-0.1, -0.05) is 12.1 Å². The summed E-state index contributed by atoms with van der Waals surface area (Å²) in [6.45, 7) is 7.03. The molecule has 1 fully saturated rings. The van der Waals surface area contributed by atoms with Gasteiger partial charge in [-0.15, -0.1) is 0 Å². The minimum Gasteiger partial charge on any atom is -0.396 e. The predicted octanol–water partition coefficient (Wildman–Crippen LogP) is 2.37. The zero-order valence-electron chi connectivity index (χ0n) is 15.4. The lowest BCUT2D eigenvalue weighted by Crippen LogP contribution is -2.42. The van der Waals surface area contributed by atoms with Gasteiger partial charge in [0.1, 0.15) is 0 Å². The second-order valence-corrected chi connectivity index (χ2v) is 7.55. The maximum Gasteiger partial charge on any atom is 0.189 e. The minimum absolute atomic E-state index is 0.0706. The minimum atomic E-state index is -0.101. The van der Waals surface area contributed by atoms with E-state index in [9.17, 15) is 9.90 Å². The van der Waals surface area contributed by atoms with Crippen molar-refractivity contribution in [3.63, 3.8) is 0 Å². The summed E-state index contributed by atoms with van der Waals surface area (Å²) < 4.78 is 5.44. The van der Waals surface area contributed by atoms with Gasteiger partial charge in [0, 0.05) is 48.9 Å². The molecule has 5 heteroatoms. The number of pyridine rings is 1. The average Bonchev–Trinajstić information content (AvgIpc) is 2.58. The van der Waals surface area contributed by atoms with Gasteiger partial charge in [0.15, 0.2) is 5.43 Å². The second-order valence-electron chi connectivity index (χ2n) is 7.55. The standard InChI is InChI=1S/C20H28N2O3/c1-14-4-5-15(2)19-18(14)17(24)10-16(21-19)11-22(3)12-20(13-23)6-8-25-9-7-20/h4-5,10,23H,6-9,11-13H2,1-3H3,(H,21,24). The van der Waals surface area contributed by atoms with E-state index in [-0.39, 0.29) is 17.5 Å². The van der Waals surface area contributed by atoms with Gasteiger partial charge in [0.2, 0.25) is 0 Å². The summed E-state index contributed by atoms with van der Waals surface area (Å²) in [5.41, 5.74) is 3.90. The number of ether oxygens (including phenoxy) is 1. The summed E-state index contributed by atoms with van der Waals surface area (Å²) in [5.74, 6) is 0. The topological polar surface area (TPSA) is 65.6 Å². The number of aromatic amines is 1. The van der Waals surface area contributed by atoms with Crippen LogP contribution >= 0.6 is 0 Å². The number of aryl methyl sites for hydroxylation is 2. The third-order valence-corrected chi connectivity index (χ3v) is 5.39. The lowest BCUT2D eigenvalue weighted by atomic mass is 9.80. The van der Waals surface area contributed by atoms with E-state index in [1.54, 1.807) is 6.07 Å². The number of nitrogens with zero attached hydrogens (tertiary/aromatic N) is 1. The predicted molar refractivity (Wildman–Crippen MR) is 99.9 cm³/mol. The Bertz CT molecular complexity index is 806. The fourth-order valence-corrected chi connectivity index (χ4v) is 3.89. The van der Waals surface area contributed by atoms with Crippen molar-refractivity contribution >= 4 is 10.9 Å². The van der Waals surface area contributed by atoms with Crippen molar-refractivity contribution in [1.82, 2.24) is 9.88 Å². The summed E-state index contributed by atoms with van der Waals surface area (Å²) in [7, 11) is 2.04. The van der Waals surface area contributed by atoms with Crippen molar-refractivity contribution in [2.45, 2.75) is 33.2 Å². The van der Waals surface area contributed by atoms with Gasteiger partial charge in [-0.25, -0.2) is 0 Å². The molecule has 136 valence electrons. The monoisotopic (exact) mass is 344 g/mol. The molecule has 1 saturated heterocycles. The SMILES string of the molecule is Cc1ccc(C)c2c(=O)cc(CN(C)CC3(CO)CCOCC3)[nH]c12. The van der Waals surface area contributed by atoms with E-state index >= 15 is 0 Å². The van der Waals surface area contributed by atoms with Gasteiger partial charge in [0.25, 0.3) is 0 Å². The Morgan fingerprint density at radius 1 is 1.24 bits per heavy atom. The number of benzene rings is 1. The molecule has 0 amide bonds. The summed E-state index contributed by atoms with van der Waals surface area (Å²) in [6, 6.07) is 5.75. The number of nitrogens with one attached hydrogen (secondary N) is 1. The molecule has 1 aromatic carbocycles. The van der Waals surface area contributed by atoms with Crippen LogP contribution in [-0.4, -0.2) is 48.4 Å². The van der Waals surface area contributed by atoms with Gasteiger partial charge in [-0.2, -0.15) is 0 Å². The van der Waals surface area contributed by atoms with E-state index in [1.807, 2.05) is 33.0 Å². The van der Waals surface area contributed by atoms with E-state index in [0.717, 1.165) is 47.1 Å². The first kappa shape index (κ1) is 18.1. The lowest BCUT2D eigenvalue weighted by molar-refractivity contribution is -0.0319. The molecule has 1 aliphatic rings. The number of hydrogen-bond donors (Lipinski definition) is 2. The molecule has 2 aromatic rings. The molecule has 2 N–H and O–H groups in total. The van der Waals surface area contributed by atoms with Gasteiger partial charge in [-0.05, 0) is 44.9 Å². The van der Waals surface area contributed by atoms with Crippen LogP contribution in [0.25, 0.3) is 10.9 Å². The summed E-state index contributed by atoms with van der Waals surface area (Å²) in [4.78, 5) is 18.2. The van der Waals surface area contributed by atoms with Crippen LogP contribution in [0.15, 0.2) is 23.0 Å². The number of aromatic nitrogens is 1. The third-order valence-electron chi connectivity index (χ3n) is 5.39. The zero-order valence-corrected chi connectivity index (χ0v) is 15.4. The van der Waals surface area contributed by atoms with Gasteiger partial charge in [0.05, 0.1) is 12.1 Å². The van der Waals surface area contributed by atoms with E-state index in [2.05, 4.69) is 9.88 Å². The second kappa shape index (κ2) is 7.28. The van der Waals surface area contributed by atoms with Crippen LogP contribution < -0.4 is 5.43 Å². The molecule has 25 heavy (non-hydrogen) atoms. The Balaban J connectivity index is 1.83. The number of fused-ring (bicyclic) bond motifs is 1. The molecule has 0 aliphatic carbocycles. The molecule has 0 spiro atoms. The number of rotatable bonds is 5. The van der Waals surface area contributed by atoms with Crippen molar-refractivity contribution in [2.24, 2.45) is 5.41 Å². The van der Waals surface area contributed by atoms with E-state index in [0.29, 0.717) is 19.8 Å². The number of H-pyrrole nitrogens is 1. The van der Waals surface area contributed by atoms with E-state index < -0.39 is 0 Å². The Morgan fingerprint density at radius 2 is 1.92 bits per heavy atom. The molecule has 2 heterocycles. The summed E-state index contributed by atoms with van der Waals surface area (Å²) in [5, 5.41) is 10.6. The number of aliphatic hydroxyl groups excluding tert-OH is 1. The highest BCUT2D eigenvalue weighted by atomic mass is 16.5. The van der Waals surface area contributed by atoms with Crippen LogP contribution in [0.1, 0.15) is 29.7 Å². The van der Waals surface area contributed by atoms with Crippen molar-refractivity contribution in [2.75, 3.05) is 33.4 Å². The van der Waals surface area contributed by atoms with Crippen LogP contribution in [-0.2, 0) is 11.3 Å². The van der Waals surface area contributed by atoms with Crippen molar-refractivity contribution < 1.29 is 9.84 Å². The lowest BCUT2D eigenvalue weighted by Gasteiger charge is -2.38. The maximum atomic E-state index is 12.6. The highest BCUT2D eigenvalue weighted by molar-refractivity contribution is 5.84. The maximum absolute atomic E-state index is 12.6. The van der Waals surface area contributed by atoms with Crippen LogP contribution in [0.3, 0.4) is 0 Å². The largest absolute Gasteiger partial charge is 0.396 e. The molecule has 5 nitrogen and oxygen atoms in total. The van der Waals surface area contributed by atoms with Crippen molar-refractivity contribution in [3.05, 3.63) is 45.2 Å². The zero-order chi connectivity index (χ0) is 18.0. The van der Waals surface area contributed by atoms with Gasteiger partial charge in [-0.3, -0.25) is 9.69 Å². The van der Waals surface area contributed by atoms with Crippen LogP contribution in [0.2, 0.25) is 0 Å². The molecular weight excluding hydrogens is 316 g/mol. The first-order chi connectivity index (χ1) is 11.9. The fourth-order valence-electron chi connectivity index (χ4n) is 3.89. The molecule has 1 aliphatic heterocycles. The molecule has 0 bridgehead atoms. The summed E-state index contributed by atoms with van der Waals surface area (Å²) in [6.07, 6.45) is 1.75. The number of aliphatic hydroxyl groups is 1. The molecule has 0 saturated carbocycles. The van der Waals surface area contributed by atoms with E-state index in [1.165, 1.54) is 0 Å². The molecule has 0 atom stereocenters. The molecule has 0 radical (unpaired) electrons. The van der Waals surface area contributed by atoms with Gasteiger partial charge < -0.3 is 14.8 Å². The van der Waals surface area contributed by atoms with Crippen LogP contribution in [0.4, 0.5) is 0 Å². The molecule has 0 unspecified atom stereocenters. The highest BCUT2D eigenvalue weighted by Gasteiger charge is 2.33. The quantitative estimate of drug-likeness (QED) is 0.874. The van der Waals surface area contributed by atoms with Crippen molar-refractivity contribution in [3.8, 4) is 0 Å². The Labute approximate surface area is 148 Å². The van der Waals surface area contributed by atoms with Gasteiger partial charge >= 0.3 is 0 Å². The number of hydrogen-bond acceptors (Lipinski definition) is 4.